The summed E-state index contributed by atoms with van der Waals surface area (Å²) in [7, 11) is 0. The van der Waals surface area contributed by atoms with Crippen molar-refractivity contribution < 1.29 is 0 Å². The quantitative estimate of drug-likeness (QED) is 0.551. The molecule has 2 N–H and O–H groups in total. The number of benzene rings is 3. The molecular formula is C26H30N2. The minimum Gasteiger partial charge on any atom is -0.315 e. The number of hydrogen-bond acceptors (Lipinski definition) is 2. The van der Waals surface area contributed by atoms with Crippen LogP contribution in [0, 0.1) is 0 Å². The van der Waals surface area contributed by atoms with Crippen LogP contribution in [0.2, 0.25) is 0 Å². The average molecular weight is 371 g/mol. The van der Waals surface area contributed by atoms with E-state index in [2.05, 4.69) is 95.6 Å². The van der Waals surface area contributed by atoms with Gasteiger partial charge in [-0.05, 0) is 48.1 Å². The van der Waals surface area contributed by atoms with Gasteiger partial charge in [-0.3, -0.25) is 0 Å². The molecule has 0 unspecified atom stereocenters. The fourth-order valence-corrected chi connectivity index (χ4v) is 4.27. The molecule has 0 spiro atoms. The van der Waals surface area contributed by atoms with E-state index in [0.29, 0.717) is 12.0 Å². The maximum absolute atomic E-state index is 3.68. The normalized spacial score (nSPS) is 16.1. The standard InChI is InChI=1S/C26H30N2/c1-3-10-21(11-4-1)26(22-12-5-2-6-13-22)16-9-17-27-20-25-18-23-14-7-8-15-24(23)19-28-25/h1-8,10-15,25-28H,9,16-20H2/t25-/m0/s1. The highest BCUT2D eigenvalue weighted by Gasteiger charge is 2.17. The molecule has 3 aromatic rings. The first-order valence-electron chi connectivity index (χ1n) is 10.5. The minimum absolute atomic E-state index is 0.476. The molecule has 144 valence electrons. The van der Waals surface area contributed by atoms with Gasteiger partial charge in [-0.25, -0.2) is 0 Å². The molecule has 2 heteroatoms. The summed E-state index contributed by atoms with van der Waals surface area (Å²) < 4.78 is 0. The largest absolute Gasteiger partial charge is 0.315 e. The number of fused-ring (bicyclic) bond motifs is 1. The van der Waals surface area contributed by atoms with Crippen LogP contribution in [0.5, 0.6) is 0 Å². The van der Waals surface area contributed by atoms with Crippen molar-refractivity contribution in [3.8, 4) is 0 Å². The fourth-order valence-electron chi connectivity index (χ4n) is 4.27. The van der Waals surface area contributed by atoms with Gasteiger partial charge in [0.1, 0.15) is 0 Å². The Labute approximate surface area is 169 Å². The van der Waals surface area contributed by atoms with Crippen molar-refractivity contribution in [1.82, 2.24) is 10.6 Å². The Morgan fingerprint density at radius 2 is 1.39 bits per heavy atom. The van der Waals surface area contributed by atoms with Crippen LogP contribution in [0.4, 0.5) is 0 Å². The Morgan fingerprint density at radius 1 is 0.786 bits per heavy atom. The van der Waals surface area contributed by atoms with Crippen LogP contribution in [0.15, 0.2) is 84.9 Å². The Morgan fingerprint density at radius 3 is 2.07 bits per heavy atom. The summed E-state index contributed by atoms with van der Waals surface area (Å²) in [5, 5.41) is 7.35. The van der Waals surface area contributed by atoms with Gasteiger partial charge in [0.2, 0.25) is 0 Å². The zero-order valence-corrected chi connectivity index (χ0v) is 16.5. The van der Waals surface area contributed by atoms with E-state index in [4.69, 9.17) is 0 Å². The van der Waals surface area contributed by atoms with E-state index in [0.717, 1.165) is 26.1 Å². The van der Waals surface area contributed by atoms with E-state index < -0.39 is 0 Å². The summed E-state index contributed by atoms with van der Waals surface area (Å²) in [5.41, 5.74) is 5.78. The lowest BCUT2D eigenvalue weighted by Gasteiger charge is -2.26. The molecular weight excluding hydrogens is 340 g/mol. The molecule has 1 aliphatic rings. The van der Waals surface area contributed by atoms with Crippen LogP contribution in [-0.2, 0) is 13.0 Å². The summed E-state index contributed by atoms with van der Waals surface area (Å²) >= 11 is 0. The molecule has 0 aromatic heterocycles. The Bertz CT molecular complexity index is 805. The van der Waals surface area contributed by atoms with Crippen LogP contribution in [0.3, 0.4) is 0 Å². The highest BCUT2D eigenvalue weighted by atomic mass is 15.0. The molecule has 0 amide bonds. The Hall–Kier alpha value is -2.42. The molecule has 1 atom stereocenters. The van der Waals surface area contributed by atoms with Crippen LogP contribution < -0.4 is 10.6 Å². The van der Waals surface area contributed by atoms with Crippen molar-refractivity contribution in [3.63, 3.8) is 0 Å². The summed E-state index contributed by atoms with van der Waals surface area (Å²) in [6, 6.07) is 31.2. The van der Waals surface area contributed by atoms with Gasteiger partial charge in [-0.2, -0.15) is 0 Å². The second-order valence-corrected chi connectivity index (χ2v) is 7.77. The van der Waals surface area contributed by atoms with Crippen molar-refractivity contribution in [2.24, 2.45) is 0 Å². The zero-order chi connectivity index (χ0) is 19.0. The number of nitrogens with one attached hydrogen (secondary N) is 2. The first-order valence-corrected chi connectivity index (χ1v) is 10.5. The molecule has 3 aromatic carbocycles. The van der Waals surface area contributed by atoms with Crippen molar-refractivity contribution in [2.45, 2.75) is 37.8 Å². The van der Waals surface area contributed by atoms with Crippen LogP contribution in [-0.4, -0.2) is 19.1 Å². The fraction of sp³-hybridized carbons (Fsp3) is 0.308. The number of hydrogen-bond donors (Lipinski definition) is 2. The Balaban J connectivity index is 1.26. The van der Waals surface area contributed by atoms with Gasteiger partial charge in [0, 0.05) is 25.0 Å². The summed E-state index contributed by atoms with van der Waals surface area (Å²) in [6.45, 7) is 3.10. The van der Waals surface area contributed by atoms with E-state index in [9.17, 15) is 0 Å². The van der Waals surface area contributed by atoms with Crippen molar-refractivity contribution in [1.29, 1.82) is 0 Å². The van der Waals surface area contributed by atoms with Gasteiger partial charge < -0.3 is 10.6 Å². The maximum Gasteiger partial charge on any atom is 0.0236 e. The van der Waals surface area contributed by atoms with Gasteiger partial charge in [-0.15, -0.1) is 0 Å². The second kappa shape index (κ2) is 9.68. The molecule has 28 heavy (non-hydrogen) atoms. The molecule has 0 aliphatic carbocycles. The third kappa shape index (κ3) is 4.89. The molecule has 0 saturated heterocycles. The van der Waals surface area contributed by atoms with Crippen molar-refractivity contribution >= 4 is 0 Å². The molecule has 1 aliphatic heterocycles. The van der Waals surface area contributed by atoms with E-state index in [1.165, 1.54) is 35.1 Å². The van der Waals surface area contributed by atoms with E-state index >= 15 is 0 Å². The Kier molecular flexibility index (Phi) is 6.54. The SMILES string of the molecule is c1ccc(C(CCCNC[C@@H]2Cc3ccccc3CN2)c2ccccc2)cc1. The molecule has 0 fully saturated rings. The van der Waals surface area contributed by atoms with E-state index in [1.807, 2.05) is 0 Å². The van der Waals surface area contributed by atoms with Gasteiger partial charge in [0.05, 0.1) is 0 Å². The van der Waals surface area contributed by atoms with E-state index in [-0.39, 0.29) is 0 Å². The highest BCUT2D eigenvalue weighted by Crippen LogP contribution is 2.28. The van der Waals surface area contributed by atoms with Crippen LogP contribution in [0.25, 0.3) is 0 Å². The van der Waals surface area contributed by atoms with Gasteiger partial charge in [-0.1, -0.05) is 84.9 Å². The maximum atomic E-state index is 3.68. The van der Waals surface area contributed by atoms with Crippen LogP contribution in [0.1, 0.15) is 41.0 Å². The molecule has 1 heterocycles. The predicted molar refractivity (Wildman–Crippen MR) is 118 cm³/mol. The number of rotatable bonds is 8. The third-order valence-electron chi connectivity index (χ3n) is 5.81. The average Bonchev–Trinajstić information content (AvgIpc) is 2.77. The predicted octanol–water partition coefficient (Wildman–Crippen LogP) is 4.90. The summed E-state index contributed by atoms with van der Waals surface area (Å²) in [6.07, 6.45) is 3.47. The smallest absolute Gasteiger partial charge is 0.0236 e. The lowest BCUT2D eigenvalue weighted by Crippen LogP contribution is -2.43. The summed E-state index contributed by atoms with van der Waals surface area (Å²) in [5.74, 6) is 0.476. The first-order chi connectivity index (χ1) is 13.9. The highest BCUT2D eigenvalue weighted by molar-refractivity contribution is 5.32. The minimum atomic E-state index is 0.476. The van der Waals surface area contributed by atoms with Gasteiger partial charge in [0.25, 0.3) is 0 Å². The second-order valence-electron chi connectivity index (χ2n) is 7.77. The van der Waals surface area contributed by atoms with Gasteiger partial charge >= 0.3 is 0 Å². The van der Waals surface area contributed by atoms with Gasteiger partial charge in [0.15, 0.2) is 0 Å². The van der Waals surface area contributed by atoms with Crippen LogP contribution >= 0.6 is 0 Å². The lowest BCUT2D eigenvalue weighted by atomic mass is 9.87. The monoisotopic (exact) mass is 370 g/mol. The first kappa shape index (κ1) is 18.9. The lowest BCUT2D eigenvalue weighted by molar-refractivity contribution is 0.443. The third-order valence-corrected chi connectivity index (χ3v) is 5.81. The molecule has 0 saturated carbocycles. The molecule has 2 nitrogen and oxygen atoms in total. The molecule has 0 bridgehead atoms. The van der Waals surface area contributed by atoms with Crippen molar-refractivity contribution in [3.05, 3.63) is 107 Å². The molecule has 4 rings (SSSR count). The topological polar surface area (TPSA) is 24.1 Å². The zero-order valence-electron chi connectivity index (χ0n) is 16.5. The molecule has 0 radical (unpaired) electrons. The summed E-state index contributed by atoms with van der Waals surface area (Å²) in [4.78, 5) is 0. The van der Waals surface area contributed by atoms with Crippen molar-refractivity contribution in [2.75, 3.05) is 13.1 Å². The van der Waals surface area contributed by atoms with E-state index in [1.54, 1.807) is 0 Å².